The van der Waals surface area contributed by atoms with Gasteiger partial charge in [-0.3, -0.25) is 9.59 Å². The Morgan fingerprint density at radius 2 is 2.04 bits per heavy atom. The van der Waals surface area contributed by atoms with Gasteiger partial charge in [-0.25, -0.2) is 4.98 Å². The number of benzene rings is 2. The minimum atomic E-state index is -0.443. The van der Waals surface area contributed by atoms with Crippen molar-refractivity contribution in [1.29, 1.82) is 0 Å². The Balaban J connectivity index is 1.65. The fourth-order valence-corrected chi connectivity index (χ4v) is 3.24. The maximum absolute atomic E-state index is 12.2. The average molecular weight is 349 g/mol. The summed E-state index contributed by atoms with van der Waals surface area (Å²) in [6.07, 6.45) is 1.13. The summed E-state index contributed by atoms with van der Waals surface area (Å²) < 4.78 is 5.84. The van der Waals surface area contributed by atoms with Crippen LogP contribution in [0.15, 0.2) is 46.9 Å². The van der Waals surface area contributed by atoms with Gasteiger partial charge < -0.3 is 15.1 Å². The normalized spacial score (nSPS) is 17.2. The van der Waals surface area contributed by atoms with Gasteiger partial charge in [-0.15, -0.1) is 0 Å². The second-order valence-electron chi connectivity index (χ2n) is 6.53. The van der Waals surface area contributed by atoms with Gasteiger partial charge in [0.05, 0.1) is 5.92 Å². The van der Waals surface area contributed by atoms with Gasteiger partial charge in [0, 0.05) is 24.2 Å². The van der Waals surface area contributed by atoms with Crippen LogP contribution in [0.2, 0.25) is 0 Å². The third-order valence-electron chi connectivity index (χ3n) is 4.82. The first-order chi connectivity index (χ1) is 12.5. The van der Waals surface area contributed by atoms with Gasteiger partial charge in [-0.1, -0.05) is 19.1 Å². The lowest BCUT2D eigenvalue weighted by molar-refractivity contribution is -0.123. The number of amides is 2. The molecule has 1 aromatic heterocycles. The van der Waals surface area contributed by atoms with Crippen molar-refractivity contribution in [2.75, 3.05) is 11.4 Å². The quantitative estimate of drug-likeness (QED) is 0.784. The first-order valence-corrected chi connectivity index (χ1v) is 8.64. The van der Waals surface area contributed by atoms with Gasteiger partial charge in [-0.05, 0) is 42.3 Å². The maximum Gasteiger partial charge on any atom is 0.227 e. The highest BCUT2D eigenvalue weighted by atomic mass is 16.3. The molecule has 0 saturated carbocycles. The lowest BCUT2D eigenvalue weighted by atomic mass is 10.1. The predicted molar refractivity (Wildman–Crippen MR) is 98.5 cm³/mol. The summed E-state index contributed by atoms with van der Waals surface area (Å²) in [5.74, 6) is -0.445. The van der Waals surface area contributed by atoms with E-state index in [1.54, 1.807) is 17.0 Å². The van der Waals surface area contributed by atoms with Gasteiger partial charge in [-0.2, -0.15) is 0 Å². The van der Waals surface area contributed by atoms with Crippen LogP contribution in [-0.2, 0) is 16.0 Å². The fourth-order valence-electron chi connectivity index (χ4n) is 3.24. The van der Waals surface area contributed by atoms with E-state index in [0.717, 1.165) is 12.0 Å². The van der Waals surface area contributed by atoms with E-state index in [1.165, 1.54) is 5.56 Å². The number of hydrogen-bond acceptors (Lipinski definition) is 4. The Bertz CT molecular complexity index is 991. The van der Waals surface area contributed by atoms with Crippen molar-refractivity contribution in [2.24, 2.45) is 11.7 Å². The third kappa shape index (κ3) is 2.83. The summed E-state index contributed by atoms with van der Waals surface area (Å²) in [5.41, 5.74) is 9.52. The molecule has 6 heteroatoms. The molecule has 26 heavy (non-hydrogen) atoms. The highest BCUT2D eigenvalue weighted by molar-refractivity contribution is 6.01. The predicted octanol–water partition coefficient (Wildman–Crippen LogP) is 2.90. The summed E-state index contributed by atoms with van der Waals surface area (Å²) in [5, 5.41) is 0. The van der Waals surface area contributed by atoms with Crippen LogP contribution in [0, 0.1) is 5.92 Å². The van der Waals surface area contributed by atoms with Gasteiger partial charge in [0.1, 0.15) is 5.52 Å². The Morgan fingerprint density at radius 3 is 2.69 bits per heavy atom. The topological polar surface area (TPSA) is 89.4 Å². The first kappa shape index (κ1) is 16.3. The lowest BCUT2D eigenvalue weighted by Crippen LogP contribution is -2.28. The van der Waals surface area contributed by atoms with E-state index in [9.17, 15) is 9.59 Å². The molecule has 1 atom stereocenters. The van der Waals surface area contributed by atoms with Gasteiger partial charge in [0.2, 0.25) is 17.7 Å². The van der Waals surface area contributed by atoms with Gasteiger partial charge in [0.25, 0.3) is 0 Å². The number of carbonyl (C=O) groups excluding carboxylic acids is 2. The summed E-state index contributed by atoms with van der Waals surface area (Å²) in [7, 11) is 0. The molecule has 0 bridgehead atoms. The zero-order valence-corrected chi connectivity index (χ0v) is 14.4. The van der Waals surface area contributed by atoms with Crippen molar-refractivity contribution in [3.05, 3.63) is 48.0 Å². The number of nitrogens with zero attached hydrogens (tertiary/aromatic N) is 2. The molecule has 132 valence electrons. The SMILES string of the molecule is CCc1ccc(-c2nc3cc(N4C[C@H](C(N)=O)CC4=O)ccc3o2)cc1. The molecule has 1 fully saturated rings. The monoisotopic (exact) mass is 349 g/mol. The number of oxazole rings is 1. The second kappa shape index (κ2) is 6.29. The van der Waals surface area contributed by atoms with Crippen LogP contribution in [0.4, 0.5) is 5.69 Å². The number of aromatic nitrogens is 1. The summed E-state index contributed by atoms with van der Waals surface area (Å²) >= 11 is 0. The molecule has 0 aliphatic carbocycles. The number of nitrogens with two attached hydrogens (primary N) is 1. The van der Waals surface area contributed by atoms with Crippen molar-refractivity contribution in [3.63, 3.8) is 0 Å². The molecule has 1 saturated heterocycles. The number of anilines is 1. The van der Waals surface area contributed by atoms with Gasteiger partial charge >= 0.3 is 0 Å². The summed E-state index contributed by atoms with van der Waals surface area (Å²) in [4.78, 5) is 29.7. The number of hydrogen-bond donors (Lipinski definition) is 1. The molecule has 0 radical (unpaired) electrons. The van der Waals surface area contributed by atoms with E-state index in [1.807, 2.05) is 18.2 Å². The van der Waals surface area contributed by atoms with E-state index >= 15 is 0 Å². The molecule has 2 N–H and O–H groups in total. The number of carbonyl (C=O) groups is 2. The molecule has 0 unspecified atom stereocenters. The highest BCUT2D eigenvalue weighted by Crippen LogP contribution is 2.30. The van der Waals surface area contributed by atoms with Crippen LogP contribution in [0.1, 0.15) is 18.9 Å². The standard InChI is InChI=1S/C20H19N3O3/c1-2-12-3-5-13(6-4-12)20-22-16-10-15(7-8-17(16)26-20)23-11-14(19(21)25)9-18(23)24/h3-8,10,14H,2,9,11H2,1H3,(H2,21,25)/t14-/m1/s1. The summed E-state index contributed by atoms with van der Waals surface area (Å²) in [6.45, 7) is 2.42. The second-order valence-corrected chi connectivity index (χ2v) is 6.53. The van der Waals surface area contributed by atoms with Crippen molar-refractivity contribution in [1.82, 2.24) is 4.98 Å². The van der Waals surface area contributed by atoms with Crippen molar-refractivity contribution in [3.8, 4) is 11.5 Å². The number of aryl methyl sites for hydroxylation is 1. The molecule has 2 heterocycles. The highest BCUT2D eigenvalue weighted by Gasteiger charge is 2.34. The molecule has 4 rings (SSSR count). The first-order valence-electron chi connectivity index (χ1n) is 8.64. The Labute approximate surface area is 150 Å². The number of primary amides is 1. The maximum atomic E-state index is 12.2. The Morgan fingerprint density at radius 1 is 1.27 bits per heavy atom. The third-order valence-corrected chi connectivity index (χ3v) is 4.82. The minimum Gasteiger partial charge on any atom is -0.436 e. The van der Waals surface area contributed by atoms with Crippen LogP contribution < -0.4 is 10.6 Å². The Kier molecular flexibility index (Phi) is 3.95. The molecule has 2 aromatic carbocycles. The van der Waals surface area contributed by atoms with Crippen molar-refractivity contribution in [2.45, 2.75) is 19.8 Å². The molecule has 2 amide bonds. The molecule has 6 nitrogen and oxygen atoms in total. The van der Waals surface area contributed by atoms with E-state index < -0.39 is 11.8 Å². The van der Waals surface area contributed by atoms with E-state index in [0.29, 0.717) is 29.2 Å². The minimum absolute atomic E-state index is 0.105. The van der Waals surface area contributed by atoms with Crippen molar-refractivity contribution < 1.29 is 14.0 Å². The summed E-state index contributed by atoms with van der Waals surface area (Å²) in [6, 6.07) is 13.5. The van der Waals surface area contributed by atoms with E-state index in [4.69, 9.17) is 10.2 Å². The smallest absolute Gasteiger partial charge is 0.227 e. The van der Waals surface area contributed by atoms with E-state index in [-0.39, 0.29) is 12.3 Å². The number of fused-ring (bicyclic) bond motifs is 1. The molecular weight excluding hydrogens is 330 g/mol. The lowest BCUT2D eigenvalue weighted by Gasteiger charge is -2.15. The van der Waals surface area contributed by atoms with Crippen LogP contribution >= 0.6 is 0 Å². The molecule has 1 aliphatic rings. The zero-order valence-electron chi connectivity index (χ0n) is 14.4. The fraction of sp³-hybridized carbons (Fsp3) is 0.250. The van der Waals surface area contributed by atoms with Crippen LogP contribution in [0.3, 0.4) is 0 Å². The van der Waals surface area contributed by atoms with E-state index in [2.05, 4.69) is 24.0 Å². The van der Waals surface area contributed by atoms with Gasteiger partial charge in [0.15, 0.2) is 5.58 Å². The molecule has 0 spiro atoms. The van der Waals surface area contributed by atoms with Crippen LogP contribution in [0.5, 0.6) is 0 Å². The average Bonchev–Trinajstić information content (AvgIpc) is 3.24. The molecule has 1 aliphatic heterocycles. The van der Waals surface area contributed by atoms with Crippen LogP contribution in [-0.4, -0.2) is 23.3 Å². The largest absolute Gasteiger partial charge is 0.436 e. The zero-order chi connectivity index (χ0) is 18.3. The molecule has 3 aromatic rings. The number of rotatable bonds is 4. The van der Waals surface area contributed by atoms with Crippen LogP contribution in [0.25, 0.3) is 22.6 Å². The Hall–Kier alpha value is -3.15. The van der Waals surface area contributed by atoms with Crippen molar-refractivity contribution >= 4 is 28.6 Å². The molecular formula is C20H19N3O3.